The normalized spacial score (nSPS) is 12.5. The SMILES string of the molecule is Cc1ccccc1CN(C(=O)CN(c1ccccc1)S(=O)(=O)c1ccc(Cl)cc1)C(C)C(=O)NC(C)(C)C. The number of nitrogens with one attached hydrogen (secondary N) is 1. The molecule has 1 unspecified atom stereocenters. The zero-order valence-electron chi connectivity index (χ0n) is 22.3. The van der Waals surface area contributed by atoms with Gasteiger partial charge in [0.1, 0.15) is 12.6 Å². The fourth-order valence-electron chi connectivity index (χ4n) is 3.88. The van der Waals surface area contributed by atoms with E-state index in [1.54, 1.807) is 37.3 Å². The van der Waals surface area contributed by atoms with Crippen molar-refractivity contribution in [2.45, 2.75) is 57.6 Å². The second-order valence-electron chi connectivity index (χ2n) is 10.2. The van der Waals surface area contributed by atoms with E-state index in [0.29, 0.717) is 10.7 Å². The molecule has 202 valence electrons. The van der Waals surface area contributed by atoms with Crippen LogP contribution in [-0.4, -0.2) is 43.3 Å². The number of hydrogen-bond donors (Lipinski definition) is 1. The lowest BCUT2D eigenvalue weighted by molar-refractivity contribution is -0.140. The summed E-state index contributed by atoms with van der Waals surface area (Å²) in [5, 5.41) is 3.32. The molecule has 3 rings (SSSR count). The fourth-order valence-corrected chi connectivity index (χ4v) is 5.42. The molecule has 9 heteroatoms. The van der Waals surface area contributed by atoms with Gasteiger partial charge in [0.25, 0.3) is 10.0 Å². The maximum Gasteiger partial charge on any atom is 0.264 e. The number of para-hydroxylation sites is 1. The number of nitrogens with zero attached hydrogens (tertiary/aromatic N) is 2. The van der Waals surface area contributed by atoms with Gasteiger partial charge in [0.15, 0.2) is 0 Å². The number of amides is 2. The van der Waals surface area contributed by atoms with Gasteiger partial charge in [-0.2, -0.15) is 0 Å². The summed E-state index contributed by atoms with van der Waals surface area (Å²) in [6.45, 7) is 8.82. The molecule has 7 nitrogen and oxygen atoms in total. The summed E-state index contributed by atoms with van der Waals surface area (Å²) < 4.78 is 28.5. The van der Waals surface area contributed by atoms with Gasteiger partial charge in [0.2, 0.25) is 11.8 Å². The summed E-state index contributed by atoms with van der Waals surface area (Å²) in [4.78, 5) is 28.5. The van der Waals surface area contributed by atoms with Crippen molar-refractivity contribution in [2.75, 3.05) is 10.8 Å². The Balaban J connectivity index is 2.02. The number of halogens is 1. The Bertz CT molecular complexity index is 1370. The van der Waals surface area contributed by atoms with Crippen LogP contribution in [0, 0.1) is 6.92 Å². The van der Waals surface area contributed by atoms with Crippen LogP contribution in [0.3, 0.4) is 0 Å². The number of carbonyl (C=O) groups excluding carboxylic acids is 2. The van der Waals surface area contributed by atoms with Crippen LogP contribution in [0.25, 0.3) is 0 Å². The molecule has 0 saturated heterocycles. The van der Waals surface area contributed by atoms with Crippen LogP contribution in [0.1, 0.15) is 38.8 Å². The molecule has 0 spiro atoms. The van der Waals surface area contributed by atoms with E-state index >= 15 is 0 Å². The molecule has 0 saturated carbocycles. The summed E-state index contributed by atoms with van der Waals surface area (Å²) in [6.07, 6.45) is 0. The third-order valence-corrected chi connectivity index (χ3v) is 8.03. The summed E-state index contributed by atoms with van der Waals surface area (Å²) in [7, 11) is -4.13. The molecule has 0 bridgehead atoms. The summed E-state index contributed by atoms with van der Waals surface area (Å²) in [6, 6.07) is 21.0. The highest BCUT2D eigenvalue weighted by molar-refractivity contribution is 7.92. The minimum Gasteiger partial charge on any atom is -0.350 e. The number of benzene rings is 3. The van der Waals surface area contributed by atoms with Gasteiger partial charge in [-0.05, 0) is 82.1 Å². The summed E-state index contributed by atoms with van der Waals surface area (Å²) in [5.41, 5.74) is 1.65. The molecule has 0 aliphatic carbocycles. The van der Waals surface area contributed by atoms with Gasteiger partial charge >= 0.3 is 0 Å². The molecule has 0 radical (unpaired) electrons. The molecular weight excluding hydrogens is 522 g/mol. The van der Waals surface area contributed by atoms with Gasteiger partial charge in [0.05, 0.1) is 10.6 Å². The Hall–Kier alpha value is -3.36. The van der Waals surface area contributed by atoms with Crippen molar-refractivity contribution in [3.63, 3.8) is 0 Å². The van der Waals surface area contributed by atoms with Crippen LogP contribution in [-0.2, 0) is 26.2 Å². The lowest BCUT2D eigenvalue weighted by atomic mass is 10.1. The first-order chi connectivity index (χ1) is 17.8. The Morgan fingerprint density at radius 2 is 1.50 bits per heavy atom. The number of anilines is 1. The van der Waals surface area contributed by atoms with Crippen molar-refractivity contribution in [1.29, 1.82) is 0 Å². The Labute approximate surface area is 230 Å². The molecule has 2 amide bonds. The average molecular weight is 556 g/mol. The zero-order valence-corrected chi connectivity index (χ0v) is 23.9. The van der Waals surface area contributed by atoms with Crippen molar-refractivity contribution in [3.05, 3.63) is 95.0 Å². The molecule has 1 N–H and O–H groups in total. The summed E-state index contributed by atoms with van der Waals surface area (Å²) >= 11 is 5.98. The quantitative estimate of drug-likeness (QED) is 0.394. The first kappa shape index (κ1) is 29.2. The highest BCUT2D eigenvalue weighted by Crippen LogP contribution is 2.25. The third-order valence-electron chi connectivity index (χ3n) is 5.99. The Morgan fingerprint density at radius 3 is 2.08 bits per heavy atom. The van der Waals surface area contributed by atoms with Gasteiger partial charge in [0, 0.05) is 17.1 Å². The van der Waals surface area contributed by atoms with Gasteiger partial charge in [-0.1, -0.05) is 54.1 Å². The van der Waals surface area contributed by atoms with E-state index in [1.165, 1.54) is 29.2 Å². The molecular formula is C29H34ClN3O4S. The van der Waals surface area contributed by atoms with E-state index in [0.717, 1.165) is 15.4 Å². The second-order valence-corrected chi connectivity index (χ2v) is 12.5. The van der Waals surface area contributed by atoms with Gasteiger partial charge in [-0.15, -0.1) is 0 Å². The molecule has 38 heavy (non-hydrogen) atoms. The predicted octanol–water partition coefficient (Wildman–Crippen LogP) is 5.18. The van der Waals surface area contributed by atoms with E-state index in [4.69, 9.17) is 11.6 Å². The van der Waals surface area contributed by atoms with E-state index < -0.39 is 34.1 Å². The number of carbonyl (C=O) groups is 2. The standard InChI is InChI=1S/C29H34ClN3O4S/c1-21-11-9-10-12-23(21)19-32(22(2)28(35)31-29(3,4)5)27(34)20-33(25-13-7-6-8-14-25)38(36,37)26-17-15-24(30)16-18-26/h6-18,22H,19-20H2,1-5H3,(H,31,35). The van der Waals surface area contributed by atoms with Crippen molar-refractivity contribution >= 4 is 39.1 Å². The van der Waals surface area contributed by atoms with Gasteiger partial charge < -0.3 is 10.2 Å². The molecule has 1 atom stereocenters. The molecule has 0 aromatic heterocycles. The Kier molecular flexibility index (Phi) is 9.22. The molecule has 3 aromatic carbocycles. The van der Waals surface area contributed by atoms with Crippen molar-refractivity contribution in [2.24, 2.45) is 0 Å². The van der Waals surface area contributed by atoms with E-state index in [-0.39, 0.29) is 17.3 Å². The lowest BCUT2D eigenvalue weighted by Crippen LogP contribution is -2.54. The smallest absolute Gasteiger partial charge is 0.264 e. The monoisotopic (exact) mass is 555 g/mol. The molecule has 0 aliphatic heterocycles. The fraction of sp³-hybridized carbons (Fsp3) is 0.310. The first-order valence-electron chi connectivity index (χ1n) is 12.3. The van der Waals surface area contributed by atoms with Gasteiger partial charge in [-0.25, -0.2) is 8.42 Å². The second kappa shape index (κ2) is 12.0. The maximum atomic E-state index is 13.9. The first-order valence-corrected chi connectivity index (χ1v) is 14.1. The average Bonchev–Trinajstić information content (AvgIpc) is 2.86. The summed E-state index contributed by atoms with van der Waals surface area (Å²) in [5.74, 6) is -0.836. The predicted molar refractivity (Wildman–Crippen MR) is 152 cm³/mol. The molecule has 0 aliphatic rings. The van der Waals surface area contributed by atoms with Gasteiger partial charge in [-0.3, -0.25) is 13.9 Å². The van der Waals surface area contributed by atoms with E-state index in [9.17, 15) is 18.0 Å². The number of aryl methyl sites for hydroxylation is 1. The Morgan fingerprint density at radius 1 is 0.921 bits per heavy atom. The number of sulfonamides is 1. The maximum absolute atomic E-state index is 13.9. The van der Waals surface area contributed by atoms with Crippen molar-refractivity contribution < 1.29 is 18.0 Å². The lowest BCUT2D eigenvalue weighted by Gasteiger charge is -2.33. The largest absolute Gasteiger partial charge is 0.350 e. The van der Waals surface area contributed by atoms with Crippen LogP contribution >= 0.6 is 11.6 Å². The van der Waals surface area contributed by atoms with Crippen LogP contribution in [0.4, 0.5) is 5.69 Å². The minimum absolute atomic E-state index is 0.00234. The van der Waals surface area contributed by atoms with E-state index in [2.05, 4.69) is 5.32 Å². The van der Waals surface area contributed by atoms with E-state index in [1.807, 2.05) is 52.0 Å². The molecule has 3 aromatic rings. The zero-order chi connectivity index (χ0) is 28.1. The van der Waals surface area contributed by atoms with Crippen LogP contribution in [0.15, 0.2) is 83.8 Å². The van der Waals surface area contributed by atoms with Crippen LogP contribution < -0.4 is 9.62 Å². The molecule has 0 fully saturated rings. The van der Waals surface area contributed by atoms with Crippen molar-refractivity contribution in [1.82, 2.24) is 10.2 Å². The number of hydrogen-bond acceptors (Lipinski definition) is 4. The third kappa shape index (κ3) is 7.36. The van der Waals surface area contributed by atoms with Crippen LogP contribution in [0.5, 0.6) is 0 Å². The van der Waals surface area contributed by atoms with Crippen molar-refractivity contribution in [3.8, 4) is 0 Å². The molecule has 0 heterocycles. The topological polar surface area (TPSA) is 86.8 Å². The highest BCUT2D eigenvalue weighted by atomic mass is 35.5. The minimum atomic E-state index is -4.13. The number of rotatable bonds is 9. The highest BCUT2D eigenvalue weighted by Gasteiger charge is 2.33. The van der Waals surface area contributed by atoms with Crippen LogP contribution in [0.2, 0.25) is 5.02 Å².